The predicted molar refractivity (Wildman–Crippen MR) is 89.6 cm³/mol. The van der Waals surface area contributed by atoms with Crippen LogP contribution in [0.4, 0.5) is 0 Å². The first-order valence-electron chi connectivity index (χ1n) is 7.99. The van der Waals surface area contributed by atoms with E-state index in [9.17, 15) is 0 Å². The summed E-state index contributed by atoms with van der Waals surface area (Å²) in [4.78, 5) is 0. The van der Waals surface area contributed by atoms with Crippen molar-refractivity contribution in [1.29, 1.82) is 0 Å². The van der Waals surface area contributed by atoms with Crippen LogP contribution in [0, 0.1) is 5.92 Å². The molecule has 1 heterocycles. The van der Waals surface area contributed by atoms with Crippen molar-refractivity contribution in [2.75, 3.05) is 20.3 Å². The van der Waals surface area contributed by atoms with E-state index in [4.69, 9.17) is 4.74 Å². The summed E-state index contributed by atoms with van der Waals surface area (Å²) in [6, 6.07) is 11.0. The fraction of sp³-hybridized carbons (Fsp3) is 0.556. The minimum Gasteiger partial charge on any atom is -0.383 e. The molecule has 1 aromatic heterocycles. The highest BCUT2D eigenvalue weighted by Gasteiger charge is 2.08. The molecule has 0 unspecified atom stereocenters. The molecule has 0 aliphatic rings. The quantitative estimate of drug-likeness (QED) is 0.710. The normalized spacial score (nSPS) is 11.6. The van der Waals surface area contributed by atoms with Gasteiger partial charge in [-0.1, -0.05) is 32.0 Å². The van der Waals surface area contributed by atoms with E-state index < -0.39 is 0 Å². The lowest BCUT2D eigenvalue weighted by molar-refractivity contribution is 0.199. The lowest BCUT2D eigenvalue weighted by Crippen LogP contribution is -2.20. The van der Waals surface area contributed by atoms with Gasteiger partial charge in [-0.3, -0.25) is 0 Å². The van der Waals surface area contributed by atoms with E-state index in [1.807, 2.05) is 0 Å². The average Bonchev–Trinajstić information content (AvgIpc) is 2.81. The van der Waals surface area contributed by atoms with Crippen LogP contribution in [0.25, 0.3) is 10.9 Å². The molecule has 2 rings (SSSR count). The first-order chi connectivity index (χ1) is 10.2. The summed E-state index contributed by atoms with van der Waals surface area (Å²) in [5.74, 6) is 0.773. The smallest absolute Gasteiger partial charge is 0.0587 e. The zero-order valence-electron chi connectivity index (χ0n) is 13.6. The fourth-order valence-corrected chi connectivity index (χ4v) is 2.73. The van der Waals surface area contributed by atoms with Crippen molar-refractivity contribution in [3.05, 3.63) is 36.0 Å². The number of ether oxygens (including phenoxy) is 1. The molecular formula is C18H28N2O. The molecule has 116 valence electrons. The van der Waals surface area contributed by atoms with Gasteiger partial charge in [0.2, 0.25) is 0 Å². The molecule has 0 atom stereocenters. The lowest BCUT2D eigenvalue weighted by Gasteiger charge is -2.12. The van der Waals surface area contributed by atoms with Crippen LogP contribution < -0.4 is 5.32 Å². The minimum absolute atomic E-state index is 0.758. The molecule has 0 aliphatic carbocycles. The summed E-state index contributed by atoms with van der Waals surface area (Å²) < 4.78 is 7.56. The number of para-hydroxylation sites is 1. The summed E-state index contributed by atoms with van der Waals surface area (Å²) >= 11 is 0. The number of nitrogens with zero attached hydrogens (tertiary/aromatic N) is 1. The molecule has 0 bridgehead atoms. The van der Waals surface area contributed by atoms with E-state index in [1.54, 1.807) is 7.11 Å². The van der Waals surface area contributed by atoms with Crippen LogP contribution in [0.15, 0.2) is 30.3 Å². The largest absolute Gasteiger partial charge is 0.383 e. The number of aromatic nitrogens is 1. The second kappa shape index (κ2) is 8.20. The number of rotatable bonds is 9. The maximum absolute atomic E-state index is 5.09. The number of aryl methyl sites for hydroxylation is 1. The van der Waals surface area contributed by atoms with Crippen molar-refractivity contribution < 1.29 is 4.74 Å². The van der Waals surface area contributed by atoms with Crippen LogP contribution in [-0.2, 0) is 17.8 Å². The molecule has 0 aliphatic heterocycles. The molecule has 0 radical (unpaired) electrons. The topological polar surface area (TPSA) is 26.2 Å². The summed E-state index contributed by atoms with van der Waals surface area (Å²) in [7, 11) is 1.74. The molecule has 1 aromatic carbocycles. The van der Waals surface area contributed by atoms with Crippen LogP contribution in [0.5, 0.6) is 0 Å². The monoisotopic (exact) mass is 288 g/mol. The summed E-state index contributed by atoms with van der Waals surface area (Å²) in [5.41, 5.74) is 2.72. The van der Waals surface area contributed by atoms with Gasteiger partial charge in [0.05, 0.1) is 6.61 Å². The highest BCUT2D eigenvalue weighted by atomic mass is 16.5. The zero-order valence-corrected chi connectivity index (χ0v) is 13.6. The number of benzene rings is 1. The third-order valence-electron chi connectivity index (χ3n) is 3.85. The zero-order chi connectivity index (χ0) is 15.1. The molecule has 0 saturated carbocycles. The molecule has 0 saturated heterocycles. The van der Waals surface area contributed by atoms with E-state index in [2.05, 4.69) is 54.1 Å². The average molecular weight is 288 g/mol. The minimum atomic E-state index is 0.758. The number of hydrogen-bond donors (Lipinski definition) is 1. The molecule has 21 heavy (non-hydrogen) atoms. The summed E-state index contributed by atoms with van der Waals surface area (Å²) in [6.07, 6.45) is 2.52. The van der Waals surface area contributed by atoms with Gasteiger partial charge >= 0.3 is 0 Å². The van der Waals surface area contributed by atoms with Gasteiger partial charge < -0.3 is 14.6 Å². The van der Waals surface area contributed by atoms with Crippen LogP contribution in [-0.4, -0.2) is 24.8 Å². The maximum Gasteiger partial charge on any atom is 0.0587 e. The Morgan fingerprint density at radius 1 is 1.24 bits per heavy atom. The van der Waals surface area contributed by atoms with Gasteiger partial charge in [-0.05, 0) is 36.3 Å². The Morgan fingerprint density at radius 3 is 2.81 bits per heavy atom. The highest BCUT2D eigenvalue weighted by Crippen LogP contribution is 2.21. The SMILES string of the molecule is COCCNCc1cc2ccccc2n1CCCC(C)C. The van der Waals surface area contributed by atoms with Gasteiger partial charge in [-0.25, -0.2) is 0 Å². The third kappa shape index (κ3) is 4.58. The highest BCUT2D eigenvalue weighted by molar-refractivity contribution is 5.81. The number of hydrogen-bond acceptors (Lipinski definition) is 2. The van der Waals surface area contributed by atoms with Crippen molar-refractivity contribution in [2.45, 2.75) is 39.8 Å². The fourth-order valence-electron chi connectivity index (χ4n) is 2.73. The van der Waals surface area contributed by atoms with Crippen LogP contribution in [0.1, 0.15) is 32.4 Å². The van der Waals surface area contributed by atoms with Crippen molar-refractivity contribution in [2.24, 2.45) is 5.92 Å². The van der Waals surface area contributed by atoms with Crippen LogP contribution >= 0.6 is 0 Å². The van der Waals surface area contributed by atoms with E-state index >= 15 is 0 Å². The molecule has 0 amide bonds. The third-order valence-corrected chi connectivity index (χ3v) is 3.85. The molecular weight excluding hydrogens is 260 g/mol. The predicted octanol–water partition coefficient (Wildman–Crippen LogP) is 3.81. The van der Waals surface area contributed by atoms with Crippen LogP contribution in [0.2, 0.25) is 0 Å². The Kier molecular flexibility index (Phi) is 6.27. The Labute approximate surface area is 128 Å². The van der Waals surface area contributed by atoms with Gasteiger partial charge in [0.15, 0.2) is 0 Å². The summed E-state index contributed by atoms with van der Waals surface area (Å²) in [6.45, 7) is 8.24. The Bertz CT molecular complexity index is 545. The second-order valence-corrected chi connectivity index (χ2v) is 6.05. The number of methoxy groups -OCH3 is 1. The first kappa shape index (κ1) is 16.1. The van der Waals surface area contributed by atoms with Crippen molar-refractivity contribution in [3.63, 3.8) is 0 Å². The van der Waals surface area contributed by atoms with E-state index in [1.165, 1.54) is 29.4 Å². The van der Waals surface area contributed by atoms with Crippen molar-refractivity contribution >= 4 is 10.9 Å². The first-order valence-corrected chi connectivity index (χ1v) is 7.99. The van der Waals surface area contributed by atoms with Gasteiger partial charge in [0, 0.05) is 38.0 Å². The maximum atomic E-state index is 5.09. The molecule has 3 nitrogen and oxygen atoms in total. The van der Waals surface area contributed by atoms with Gasteiger partial charge in [-0.2, -0.15) is 0 Å². The molecule has 3 heteroatoms. The van der Waals surface area contributed by atoms with Crippen molar-refractivity contribution in [3.8, 4) is 0 Å². The Morgan fingerprint density at radius 2 is 2.05 bits per heavy atom. The van der Waals surface area contributed by atoms with Gasteiger partial charge in [0.25, 0.3) is 0 Å². The molecule has 2 aromatic rings. The van der Waals surface area contributed by atoms with Crippen LogP contribution in [0.3, 0.4) is 0 Å². The van der Waals surface area contributed by atoms with Gasteiger partial charge in [-0.15, -0.1) is 0 Å². The molecule has 0 fully saturated rings. The number of nitrogens with one attached hydrogen (secondary N) is 1. The summed E-state index contributed by atoms with van der Waals surface area (Å²) in [5, 5.41) is 4.80. The van der Waals surface area contributed by atoms with Crippen molar-refractivity contribution in [1.82, 2.24) is 9.88 Å². The Balaban J connectivity index is 2.09. The number of fused-ring (bicyclic) bond motifs is 1. The van der Waals surface area contributed by atoms with Gasteiger partial charge in [0.1, 0.15) is 0 Å². The second-order valence-electron chi connectivity index (χ2n) is 6.05. The van der Waals surface area contributed by atoms with E-state index in [-0.39, 0.29) is 0 Å². The standard InChI is InChI=1S/C18H28N2O/c1-15(2)7-6-11-20-17(14-19-10-12-21-3)13-16-8-4-5-9-18(16)20/h4-5,8-9,13,15,19H,6-7,10-12,14H2,1-3H3. The molecule has 0 spiro atoms. The van der Waals surface area contributed by atoms with E-state index in [0.29, 0.717) is 0 Å². The lowest BCUT2D eigenvalue weighted by atomic mass is 10.1. The van der Waals surface area contributed by atoms with E-state index in [0.717, 1.165) is 32.2 Å². The Hall–Kier alpha value is -1.32. The molecule has 1 N–H and O–H groups in total.